The number of nitro groups is 1. The van der Waals surface area contributed by atoms with Gasteiger partial charge in [-0.25, -0.2) is 8.78 Å². The lowest BCUT2D eigenvalue weighted by molar-refractivity contribution is -0.384. The Balaban J connectivity index is 3.13. The molecular weight excluding hydrogens is 242 g/mol. The first-order valence-corrected chi connectivity index (χ1v) is 5.77. The van der Waals surface area contributed by atoms with E-state index < -0.39 is 22.2 Å². The van der Waals surface area contributed by atoms with Crippen molar-refractivity contribution in [3.05, 3.63) is 33.9 Å². The number of hydrogen-bond donors (Lipinski definition) is 1. The number of nitrogens with zero attached hydrogens (tertiary/aromatic N) is 1. The van der Waals surface area contributed by atoms with E-state index in [4.69, 9.17) is 0 Å². The van der Waals surface area contributed by atoms with Gasteiger partial charge in [0.15, 0.2) is 17.3 Å². The molecule has 0 aliphatic carbocycles. The average molecular weight is 258 g/mol. The zero-order valence-electron chi connectivity index (χ0n) is 10.5. The molecule has 0 bridgehead atoms. The largest absolute Gasteiger partial charge is 0.374 e. The third-order valence-corrected chi connectivity index (χ3v) is 3.14. The van der Waals surface area contributed by atoms with Crippen molar-refractivity contribution < 1.29 is 13.7 Å². The van der Waals surface area contributed by atoms with E-state index in [0.29, 0.717) is 0 Å². The van der Waals surface area contributed by atoms with Gasteiger partial charge in [-0.1, -0.05) is 20.3 Å². The Kier molecular flexibility index (Phi) is 4.58. The Morgan fingerprint density at radius 1 is 1.39 bits per heavy atom. The van der Waals surface area contributed by atoms with Crippen molar-refractivity contribution in [2.45, 2.75) is 33.2 Å². The van der Waals surface area contributed by atoms with Crippen LogP contribution in [0.5, 0.6) is 0 Å². The SMILES string of the molecule is CCC(C)C(C)Nc1c([N+](=O)[O-])ccc(F)c1F. The number of halogens is 2. The average Bonchev–Trinajstić information content (AvgIpc) is 2.33. The van der Waals surface area contributed by atoms with Crippen LogP contribution in [0.15, 0.2) is 12.1 Å². The van der Waals surface area contributed by atoms with Crippen molar-refractivity contribution in [1.29, 1.82) is 0 Å². The van der Waals surface area contributed by atoms with Gasteiger partial charge in [0, 0.05) is 12.1 Å². The zero-order chi connectivity index (χ0) is 13.9. The maximum Gasteiger partial charge on any atom is 0.295 e. The van der Waals surface area contributed by atoms with Crippen molar-refractivity contribution in [3.8, 4) is 0 Å². The van der Waals surface area contributed by atoms with Crippen molar-refractivity contribution in [3.63, 3.8) is 0 Å². The van der Waals surface area contributed by atoms with E-state index in [2.05, 4.69) is 5.32 Å². The maximum atomic E-state index is 13.6. The van der Waals surface area contributed by atoms with Gasteiger partial charge in [0.25, 0.3) is 5.69 Å². The summed E-state index contributed by atoms with van der Waals surface area (Å²) < 4.78 is 26.7. The normalized spacial score (nSPS) is 14.1. The van der Waals surface area contributed by atoms with E-state index in [1.54, 1.807) is 6.92 Å². The Labute approximate surface area is 104 Å². The summed E-state index contributed by atoms with van der Waals surface area (Å²) in [5.41, 5.74) is -0.836. The van der Waals surface area contributed by atoms with Crippen LogP contribution in [-0.4, -0.2) is 11.0 Å². The molecule has 18 heavy (non-hydrogen) atoms. The first-order chi connectivity index (χ1) is 8.38. The Morgan fingerprint density at radius 3 is 2.50 bits per heavy atom. The van der Waals surface area contributed by atoms with Crippen molar-refractivity contribution in [2.75, 3.05) is 5.32 Å². The molecule has 100 valence electrons. The van der Waals surface area contributed by atoms with Crippen molar-refractivity contribution in [2.24, 2.45) is 5.92 Å². The summed E-state index contributed by atoms with van der Waals surface area (Å²) in [6.45, 7) is 5.67. The highest BCUT2D eigenvalue weighted by Crippen LogP contribution is 2.30. The molecule has 6 heteroatoms. The smallest absolute Gasteiger partial charge is 0.295 e. The maximum absolute atomic E-state index is 13.6. The van der Waals surface area contributed by atoms with Crippen LogP contribution in [0, 0.1) is 27.7 Å². The summed E-state index contributed by atoms with van der Waals surface area (Å²) in [4.78, 5) is 10.1. The van der Waals surface area contributed by atoms with Crippen LogP contribution in [0.1, 0.15) is 27.2 Å². The minimum Gasteiger partial charge on any atom is -0.374 e. The van der Waals surface area contributed by atoms with Crippen LogP contribution >= 0.6 is 0 Å². The van der Waals surface area contributed by atoms with Gasteiger partial charge in [-0.15, -0.1) is 0 Å². The third-order valence-electron chi connectivity index (χ3n) is 3.14. The van der Waals surface area contributed by atoms with Gasteiger partial charge in [-0.3, -0.25) is 10.1 Å². The topological polar surface area (TPSA) is 55.2 Å². The molecule has 0 heterocycles. The lowest BCUT2D eigenvalue weighted by atomic mass is 10.0. The minimum atomic E-state index is -1.21. The molecule has 1 N–H and O–H groups in total. The number of benzene rings is 1. The summed E-state index contributed by atoms with van der Waals surface area (Å²) in [6, 6.07) is 1.53. The van der Waals surface area contributed by atoms with Gasteiger partial charge in [-0.2, -0.15) is 0 Å². The van der Waals surface area contributed by atoms with Crippen LogP contribution < -0.4 is 5.32 Å². The highest BCUT2D eigenvalue weighted by atomic mass is 19.2. The first-order valence-electron chi connectivity index (χ1n) is 5.77. The van der Waals surface area contributed by atoms with Crippen LogP contribution in [0.3, 0.4) is 0 Å². The van der Waals surface area contributed by atoms with E-state index in [1.807, 2.05) is 13.8 Å². The molecule has 0 spiro atoms. The Hall–Kier alpha value is -1.72. The molecule has 0 radical (unpaired) electrons. The van der Waals surface area contributed by atoms with Gasteiger partial charge in [0.1, 0.15) is 0 Å². The molecule has 0 aliphatic heterocycles. The van der Waals surface area contributed by atoms with Gasteiger partial charge < -0.3 is 5.32 Å². The first kappa shape index (κ1) is 14.3. The van der Waals surface area contributed by atoms with Crippen molar-refractivity contribution in [1.82, 2.24) is 0 Å². The molecule has 0 aliphatic rings. The molecule has 2 unspecified atom stereocenters. The van der Waals surface area contributed by atoms with Gasteiger partial charge in [-0.05, 0) is 18.9 Å². The molecule has 0 amide bonds. The van der Waals surface area contributed by atoms with E-state index in [-0.39, 0.29) is 17.6 Å². The minimum absolute atomic E-state index is 0.187. The molecule has 0 fully saturated rings. The molecule has 1 aromatic rings. The summed E-state index contributed by atoms with van der Waals surface area (Å²) in [5, 5.41) is 13.5. The van der Waals surface area contributed by atoms with Crippen LogP contribution in [0.4, 0.5) is 20.2 Å². The highest BCUT2D eigenvalue weighted by molar-refractivity contribution is 5.63. The molecule has 0 saturated carbocycles. The molecule has 0 saturated heterocycles. The van der Waals surface area contributed by atoms with Gasteiger partial charge in [0.05, 0.1) is 4.92 Å². The third kappa shape index (κ3) is 2.94. The number of nitrogens with one attached hydrogen (secondary N) is 1. The van der Waals surface area contributed by atoms with E-state index in [1.165, 1.54) is 0 Å². The predicted octanol–water partition coefficient (Wildman–Crippen LogP) is 3.72. The number of anilines is 1. The fourth-order valence-corrected chi connectivity index (χ4v) is 1.55. The molecular formula is C12H16F2N2O2. The van der Waals surface area contributed by atoms with Crippen LogP contribution in [0.25, 0.3) is 0 Å². The lowest BCUT2D eigenvalue weighted by Crippen LogP contribution is -2.24. The second-order valence-corrected chi connectivity index (χ2v) is 4.33. The molecule has 2 atom stereocenters. The van der Waals surface area contributed by atoms with Crippen LogP contribution in [0.2, 0.25) is 0 Å². The second kappa shape index (κ2) is 5.75. The molecule has 1 aromatic carbocycles. The van der Waals surface area contributed by atoms with Gasteiger partial charge in [0.2, 0.25) is 0 Å². The Bertz CT molecular complexity index is 452. The second-order valence-electron chi connectivity index (χ2n) is 4.33. The van der Waals surface area contributed by atoms with Crippen LogP contribution in [-0.2, 0) is 0 Å². The fraction of sp³-hybridized carbons (Fsp3) is 0.500. The lowest BCUT2D eigenvalue weighted by Gasteiger charge is -2.21. The van der Waals surface area contributed by atoms with E-state index in [0.717, 1.165) is 18.6 Å². The fourth-order valence-electron chi connectivity index (χ4n) is 1.55. The summed E-state index contributed by atoms with van der Waals surface area (Å²) in [7, 11) is 0. The standard InChI is InChI=1S/C12H16F2N2O2/c1-4-7(2)8(3)15-12-10(16(17)18)6-5-9(13)11(12)14/h5-8,15H,4H2,1-3H3. The predicted molar refractivity (Wildman–Crippen MR) is 65.6 cm³/mol. The monoisotopic (exact) mass is 258 g/mol. The number of nitro benzene ring substituents is 1. The summed E-state index contributed by atoms with van der Waals surface area (Å²) >= 11 is 0. The zero-order valence-corrected chi connectivity index (χ0v) is 10.5. The number of rotatable bonds is 5. The van der Waals surface area contributed by atoms with Crippen molar-refractivity contribution >= 4 is 11.4 Å². The molecule has 0 aromatic heterocycles. The summed E-state index contributed by atoms with van der Waals surface area (Å²) in [5.74, 6) is -2.12. The Morgan fingerprint density at radius 2 is 2.00 bits per heavy atom. The highest BCUT2D eigenvalue weighted by Gasteiger charge is 2.23. The molecule has 4 nitrogen and oxygen atoms in total. The van der Waals surface area contributed by atoms with E-state index in [9.17, 15) is 18.9 Å². The molecule has 1 rings (SSSR count). The summed E-state index contributed by atoms with van der Waals surface area (Å²) in [6.07, 6.45) is 0.832. The quantitative estimate of drug-likeness (QED) is 0.646. The van der Waals surface area contributed by atoms with E-state index >= 15 is 0 Å². The van der Waals surface area contributed by atoms with Gasteiger partial charge >= 0.3 is 0 Å². The number of hydrogen-bond acceptors (Lipinski definition) is 3.